The highest BCUT2D eigenvalue weighted by atomic mass is 16.5. The first-order chi connectivity index (χ1) is 12.4. The molecule has 144 valence electrons. The molecule has 3 saturated carbocycles. The maximum Gasteiger partial charge on any atom is 0.305 e. The summed E-state index contributed by atoms with van der Waals surface area (Å²) in [7, 11) is 0. The van der Waals surface area contributed by atoms with Gasteiger partial charge in [-0.15, -0.1) is 0 Å². The maximum absolute atomic E-state index is 12.0. The highest BCUT2D eigenvalue weighted by Gasteiger charge is 2.58. The van der Waals surface area contributed by atoms with Gasteiger partial charge in [0.2, 0.25) is 0 Å². The lowest BCUT2D eigenvalue weighted by Crippen LogP contribution is -2.56. The van der Waals surface area contributed by atoms with Gasteiger partial charge in [-0.2, -0.15) is 0 Å². The van der Waals surface area contributed by atoms with Gasteiger partial charge >= 0.3 is 5.97 Å². The Morgan fingerprint density at radius 3 is 2.69 bits per heavy atom. The van der Waals surface area contributed by atoms with Crippen molar-refractivity contribution in [3.8, 4) is 0 Å². The van der Waals surface area contributed by atoms with E-state index in [2.05, 4.69) is 13.8 Å². The first-order valence-corrected chi connectivity index (χ1v) is 10.8. The van der Waals surface area contributed by atoms with E-state index in [0.29, 0.717) is 24.0 Å². The molecule has 4 aliphatic carbocycles. The van der Waals surface area contributed by atoms with Crippen molar-refractivity contribution in [2.75, 3.05) is 0 Å². The van der Waals surface area contributed by atoms with Crippen molar-refractivity contribution >= 4 is 11.8 Å². The van der Waals surface area contributed by atoms with Crippen LogP contribution in [-0.4, -0.2) is 17.9 Å². The van der Waals surface area contributed by atoms with Crippen molar-refractivity contribution in [3.05, 3.63) is 11.6 Å². The minimum atomic E-state index is -0.0365. The molecule has 0 radical (unpaired) electrons. The lowest BCUT2D eigenvalue weighted by atomic mass is 9.44. The molecule has 3 fully saturated rings. The van der Waals surface area contributed by atoms with E-state index in [1.807, 2.05) is 13.0 Å². The monoisotopic (exact) mass is 358 g/mol. The summed E-state index contributed by atoms with van der Waals surface area (Å²) in [5.41, 5.74) is 1.81. The Kier molecular flexibility index (Phi) is 4.56. The summed E-state index contributed by atoms with van der Waals surface area (Å²) in [6.07, 6.45) is 12.5. The van der Waals surface area contributed by atoms with Crippen molar-refractivity contribution in [2.24, 2.45) is 28.6 Å². The number of carbonyl (C=O) groups excluding carboxylic acids is 2. The number of ether oxygens (including phenoxy) is 1. The normalized spacial score (nSPS) is 45.0. The quantitative estimate of drug-likeness (QED) is 0.635. The fourth-order valence-electron chi connectivity index (χ4n) is 7.14. The van der Waals surface area contributed by atoms with Gasteiger partial charge < -0.3 is 4.74 Å². The number of hydrogen-bond acceptors (Lipinski definition) is 3. The molecule has 3 nitrogen and oxygen atoms in total. The van der Waals surface area contributed by atoms with Crippen LogP contribution in [0.1, 0.15) is 85.0 Å². The summed E-state index contributed by atoms with van der Waals surface area (Å²) >= 11 is 0. The first kappa shape index (κ1) is 18.3. The number of fused-ring (bicyclic) bond motifs is 5. The van der Waals surface area contributed by atoms with Crippen LogP contribution in [0.4, 0.5) is 0 Å². The van der Waals surface area contributed by atoms with E-state index in [4.69, 9.17) is 4.74 Å². The van der Waals surface area contributed by atoms with Gasteiger partial charge in [-0.25, -0.2) is 0 Å². The van der Waals surface area contributed by atoms with E-state index in [9.17, 15) is 9.59 Å². The highest BCUT2D eigenvalue weighted by Crippen LogP contribution is 2.64. The number of allylic oxidation sites excluding steroid dienone is 2. The van der Waals surface area contributed by atoms with Crippen molar-refractivity contribution in [1.82, 2.24) is 0 Å². The molecule has 0 N–H and O–H groups in total. The van der Waals surface area contributed by atoms with Gasteiger partial charge in [-0.1, -0.05) is 26.3 Å². The third-order valence-electron chi connectivity index (χ3n) is 8.68. The molecule has 0 heterocycles. The van der Waals surface area contributed by atoms with E-state index in [0.717, 1.165) is 38.0 Å². The van der Waals surface area contributed by atoms with Gasteiger partial charge in [0.15, 0.2) is 5.78 Å². The molecule has 4 aliphatic rings. The summed E-state index contributed by atoms with van der Waals surface area (Å²) in [5.74, 6) is 2.40. The number of ketones is 1. The van der Waals surface area contributed by atoms with E-state index in [1.165, 1.54) is 31.3 Å². The van der Waals surface area contributed by atoms with Crippen LogP contribution < -0.4 is 0 Å². The Balaban J connectivity index is 1.61. The zero-order valence-electron chi connectivity index (χ0n) is 16.7. The SMILES string of the molecule is CCC(=O)O[C@H]1CCC[C@H]2[C@@H]3CCC4=CC(=O)CC[C@]4(C)[C@H]3CC[C@]12C. The molecular formula is C23H34O3. The second-order valence-electron chi connectivity index (χ2n) is 9.78. The highest BCUT2D eigenvalue weighted by molar-refractivity contribution is 5.91. The van der Waals surface area contributed by atoms with Crippen LogP contribution in [0.2, 0.25) is 0 Å². The Morgan fingerprint density at radius 2 is 1.92 bits per heavy atom. The molecule has 6 atom stereocenters. The van der Waals surface area contributed by atoms with E-state index >= 15 is 0 Å². The zero-order valence-corrected chi connectivity index (χ0v) is 16.7. The predicted molar refractivity (Wildman–Crippen MR) is 101 cm³/mol. The molecular weight excluding hydrogens is 324 g/mol. The average molecular weight is 359 g/mol. The third-order valence-corrected chi connectivity index (χ3v) is 8.68. The molecule has 0 bridgehead atoms. The Hall–Kier alpha value is -1.12. The van der Waals surface area contributed by atoms with Crippen LogP contribution in [0.3, 0.4) is 0 Å². The number of hydrogen-bond donors (Lipinski definition) is 0. The van der Waals surface area contributed by atoms with Crippen LogP contribution in [0.5, 0.6) is 0 Å². The van der Waals surface area contributed by atoms with Gasteiger partial charge in [0.25, 0.3) is 0 Å². The summed E-state index contributed by atoms with van der Waals surface area (Å²) in [6.45, 7) is 6.73. The molecule has 0 aromatic carbocycles. The zero-order chi connectivity index (χ0) is 18.5. The third kappa shape index (κ3) is 2.68. The minimum absolute atomic E-state index is 0.0365. The number of rotatable bonds is 2. The minimum Gasteiger partial charge on any atom is -0.462 e. The fourth-order valence-corrected chi connectivity index (χ4v) is 7.14. The summed E-state index contributed by atoms with van der Waals surface area (Å²) in [4.78, 5) is 23.9. The topological polar surface area (TPSA) is 43.4 Å². The van der Waals surface area contributed by atoms with Crippen molar-refractivity contribution in [2.45, 2.75) is 91.1 Å². The van der Waals surface area contributed by atoms with Gasteiger partial charge in [0.1, 0.15) is 6.10 Å². The fraction of sp³-hybridized carbons (Fsp3) is 0.826. The van der Waals surface area contributed by atoms with Crippen LogP contribution in [0.15, 0.2) is 11.6 Å². The molecule has 4 rings (SSSR count). The van der Waals surface area contributed by atoms with E-state index in [1.54, 1.807) is 0 Å². The van der Waals surface area contributed by atoms with E-state index < -0.39 is 0 Å². The number of esters is 1. The van der Waals surface area contributed by atoms with Crippen LogP contribution in [-0.2, 0) is 14.3 Å². The maximum atomic E-state index is 12.0. The van der Waals surface area contributed by atoms with Gasteiger partial charge in [-0.05, 0) is 80.6 Å². The summed E-state index contributed by atoms with van der Waals surface area (Å²) in [6, 6.07) is 0. The van der Waals surface area contributed by atoms with Crippen LogP contribution in [0.25, 0.3) is 0 Å². The summed E-state index contributed by atoms with van der Waals surface area (Å²) in [5, 5.41) is 0. The second-order valence-corrected chi connectivity index (χ2v) is 9.78. The molecule has 0 amide bonds. The molecule has 0 spiro atoms. The molecule has 0 unspecified atom stereocenters. The average Bonchev–Trinajstić information content (AvgIpc) is 2.62. The largest absolute Gasteiger partial charge is 0.462 e. The van der Waals surface area contributed by atoms with Crippen molar-refractivity contribution in [3.63, 3.8) is 0 Å². The molecule has 0 aliphatic heterocycles. The Bertz CT molecular complexity index is 635. The summed E-state index contributed by atoms with van der Waals surface area (Å²) < 4.78 is 5.94. The standard InChI is InChI=1S/C23H34O3/c1-4-21(25)26-20-7-5-6-18-17-9-8-15-14-16(24)10-12-22(15,2)19(17)11-13-23(18,20)3/h14,17-20H,4-13H2,1-3H3/t17-,18-,19-,20-,22-,23-/m0/s1. The Labute approximate surface area is 157 Å². The predicted octanol–water partition coefficient (Wildman–Crippen LogP) is 5.23. The molecule has 3 heteroatoms. The molecule has 0 aromatic rings. The smallest absolute Gasteiger partial charge is 0.305 e. The van der Waals surface area contributed by atoms with E-state index in [-0.39, 0.29) is 22.9 Å². The lowest BCUT2D eigenvalue weighted by Gasteiger charge is -2.61. The van der Waals surface area contributed by atoms with Crippen LogP contribution >= 0.6 is 0 Å². The van der Waals surface area contributed by atoms with Crippen molar-refractivity contribution in [1.29, 1.82) is 0 Å². The van der Waals surface area contributed by atoms with Gasteiger partial charge in [0, 0.05) is 18.3 Å². The van der Waals surface area contributed by atoms with Crippen LogP contribution in [0, 0.1) is 28.6 Å². The Morgan fingerprint density at radius 1 is 1.12 bits per heavy atom. The number of carbonyl (C=O) groups is 2. The van der Waals surface area contributed by atoms with Crippen molar-refractivity contribution < 1.29 is 14.3 Å². The first-order valence-electron chi connectivity index (χ1n) is 10.8. The lowest BCUT2D eigenvalue weighted by molar-refractivity contribution is -0.177. The van der Waals surface area contributed by atoms with Gasteiger partial charge in [-0.3, -0.25) is 9.59 Å². The molecule has 26 heavy (non-hydrogen) atoms. The van der Waals surface area contributed by atoms with Gasteiger partial charge in [0.05, 0.1) is 0 Å². The second kappa shape index (κ2) is 6.49. The molecule has 0 saturated heterocycles. The molecule has 0 aromatic heterocycles.